The fourth-order valence-electron chi connectivity index (χ4n) is 2.36. The summed E-state index contributed by atoms with van der Waals surface area (Å²) in [5.74, 6) is -0.477. The molecule has 0 aliphatic heterocycles. The molecule has 0 aromatic heterocycles. The zero-order chi connectivity index (χ0) is 16.9. The first-order valence-corrected chi connectivity index (χ1v) is 8.20. The smallest absolute Gasteiger partial charge is 0.256 e. The molecule has 0 spiro atoms. The second-order valence-electron chi connectivity index (χ2n) is 5.20. The number of nitrogens with one attached hydrogen (secondary N) is 1. The molecule has 3 aromatic carbocycles. The van der Waals surface area contributed by atoms with Crippen LogP contribution in [0.2, 0.25) is 0 Å². The Morgan fingerprint density at radius 1 is 0.708 bits per heavy atom. The molecule has 1 amide bonds. The van der Waals surface area contributed by atoms with Gasteiger partial charge in [-0.2, -0.15) is 0 Å². The molecule has 0 bridgehead atoms. The van der Waals surface area contributed by atoms with Crippen molar-refractivity contribution >= 4 is 33.3 Å². The fraction of sp³-hybridized carbons (Fsp3) is 0. The Balaban J connectivity index is 1.90. The van der Waals surface area contributed by atoms with E-state index >= 15 is 0 Å². The molecular weight excluding hydrogens is 366 g/mol. The van der Waals surface area contributed by atoms with Crippen molar-refractivity contribution in [2.75, 3.05) is 5.32 Å². The first-order valence-electron chi connectivity index (χ1n) is 7.41. The second kappa shape index (κ2) is 7.23. The van der Waals surface area contributed by atoms with E-state index in [1.807, 2.05) is 18.2 Å². The van der Waals surface area contributed by atoms with Crippen molar-refractivity contribution in [3.8, 4) is 0 Å². The molecule has 3 aromatic rings. The van der Waals surface area contributed by atoms with Gasteiger partial charge in [-0.25, -0.2) is 0 Å². The number of hydrogen-bond donors (Lipinski definition) is 1. The predicted molar refractivity (Wildman–Crippen MR) is 98.4 cm³/mol. The van der Waals surface area contributed by atoms with Crippen molar-refractivity contribution in [3.63, 3.8) is 0 Å². The summed E-state index contributed by atoms with van der Waals surface area (Å²) in [5.41, 5.74) is 1.97. The Kier molecular flexibility index (Phi) is 4.87. The third kappa shape index (κ3) is 3.60. The Morgan fingerprint density at radius 2 is 1.29 bits per heavy atom. The van der Waals surface area contributed by atoms with Crippen molar-refractivity contribution in [2.24, 2.45) is 0 Å². The normalized spacial score (nSPS) is 10.2. The minimum absolute atomic E-state index is 0.169. The van der Waals surface area contributed by atoms with Crippen LogP contribution < -0.4 is 5.32 Å². The summed E-state index contributed by atoms with van der Waals surface area (Å²) in [4.78, 5) is 25.3. The van der Waals surface area contributed by atoms with Gasteiger partial charge in [-0.3, -0.25) is 9.59 Å². The van der Waals surface area contributed by atoms with Gasteiger partial charge >= 0.3 is 0 Å². The van der Waals surface area contributed by atoms with E-state index in [0.29, 0.717) is 22.4 Å². The molecule has 0 radical (unpaired) electrons. The summed E-state index contributed by atoms with van der Waals surface area (Å²) in [7, 11) is 0. The third-order valence-corrected chi connectivity index (χ3v) is 4.08. The average Bonchev–Trinajstić information content (AvgIpc) is 2.63. The molecule has 0 fully saturated rings. The van der Waals surface area contributed by atoms with Gasteiger partial charge in [-0.15, -0.1) is 0 Å². The largest absolute Gasteiger partial charge is 0.322 e. The molecule has 0 heterocycles. The van der Waals surface area contributed by atoms with Gasteiger partial charge in [-0.05, 0) is 30.3 Å². The number of carbonyl (C=O) groups excluding carboxylic acids is 2. The fourth-order valence-corrected chi connectivity index (χ4v) is 2.62. The monoisotopic (exact) mass is 379 g/mol. The van der Waals surface area contributed by atoms with E-state index in [1.165, 1.54) is 0 Å². The van der Waals surface area contributed by atoms with Crippen molar-refractivity contribution in [2.45, 2.75) is 0 Å². The first kappa shape index (κ1) is 16.1. The maximum Gasteiger partial charge on any atom is 0.256 e. The molecule has 0 saturated heterocycles. The number of rotatable bonds is 4. The van der Waals surface area contributed by atoms with Crippen molar-refractivity contribution < 1.29 is 9.59 Å². The molecule has 0 aliphatic rings. The van der Waals surface area contributed by atoms with Crippen LogP contribution in [0.25, 0.3) is 0 Å². The summed E-state index contributed by atoms with van der Waals surface area (Å²) >= 11 is 3.36. The number of anilines is 1. The zero-order valence-corrected chi connectivity index (χ0v) is 14.3. The van der Waals surface area contributed by atoms with Crippen LogP contribution >= 0.6 is 15.9 Å². The minimum atomic E-state index is -0.308. The van der Waals surface area contributed by atoms with Gasteiger partial charge < -0.3 is 5.32 Å². The van der Waals surface area contributed by atoms with Crippen LogP contribution in [-0.4, -0.2) is 11.7 Å². The summed E-state index contributed by atoms with van der Waals surface area (Å²) in [5, 5.41) is 2.82. The van der Waals surface area contributed by atoms with E-state index in [4.69, 9.17) is 0 Å². The number of carbonyl (C=O) groups is 2. The number of amides is 1. The van der Waals surface area contributed by atoms with Gasteiger partial charge in [0.25, 0.3) is 5.91 Å². The Bertz CT molecular complexity index is 874. The third-order valence-electron chi connectivity index (χ3n) is 3.55. The minimum Gasteiger partial charge on any atom is -0.322 e. The highest BCUT2D eigenvalue weighted by molar-refractivity contribution is 9.10. The van der Waals surface area contributed by atoms with Gasteiger partial charge in [0, 0.05) is 21.3 Å². The molecular formula is C20H14BrNO2. The number of ketones is 1. The van der Waals surface area contributed by atoms with E-state index in [1.54, 1.807) is 60.7 Å². The van der Waals surface area contributed by atoms with Gasteiger partial charge in [0.05, 0.1) is 5.56 Å². The number of benzene rings is 3. The van der Waals surface area contributed by atoms with Crippen LogP contribution in [0.1, 0.15) is 26.3 Å². The molecule has 0 unspecified atom stereocenters. The lowest BCUT2D eigenvalue weighted by molar-refractivity contribution is 0.0996. The molecule has 3 nitrogen and oxygen atoms in total. The quantitative estimate of drug-likeness (QED) is 0.653. The van der Waals surface area contributed by atoms with Gasteiger partial charge in [0.2, 0.25) is 0 Å². The molecule has 0 saturated carbocycles. The van der Waals surface area contributed by atoms with Crippen molar-refractivity contribution in [1.29, 1.82) is 0 Å². The molecule has 0 aliphatic carbocycles. The van der Waals surface area contributed by atoms with Crippen LogP contribution in [0, 0.1) is 0 Å². The van der Waals surface area contributed by atoms with Crippen LogP contribution in [0.3, 0.4) is 0 Å². The lowest BCUT2D eigenvalue weighted by Gasteiger charge is -2.10. The van der Waals surface area contributed by atoms with Crippen LogP contribution in [-0.2, 0) is 0 Å². The summed E-state index contributed by atoms with van der Waals surface area (Å²) in [6, 6.07) is 23.1. The van der Waals surface area contributed by atoms with Crippen LogP contribution in [0.15, 0.2) is 83.3 Å². The Hall–Kier alpha value is -2.72. The SMILES string of the molecule is O=C(Nc1ccc(Br)cc1)c1ccccc1C(=O)c1ccccc1. The Labute approximate surface area is 148 Å². The Morgan fingerprint density at radius 3 is 1.96 bits per heavy atom. The van der Waals surface area contributed by atoms with Crippen LogP contribution in [0.5, 0.6) is 0 Å². The highest BCUT2D eigenvalue weighted by Crippen LogP contribution is 2.18. The lowest BCUT2D eigenvalue weighted by atomic mass is 9.98. The maximum atomic E-state index is 12.7. The average molecular weight is 380 g/mol. The summed E-state index contributed by atoms with van der Waals surface area (Å²) in [6.45, 7) is 0. The maximum absolute atomic E-state index is 12.7. The van der Waals surface area contributed by atoms with Crippen LogP contribution in [0.4, 0.5) is 5.69 Å². The molecule has 118 valence electrons. The van der Waals surface area contributed by atoms with E-state index < -0.39 is 0 Å². The van der Waals surface area contributed by atoms with E-state index in [-0.39, 0.29) is 11.7 Å². The second-order valence-corrected chi connectivity index (χ2v) is 6.12. The number of hydrogen-bond acceptors (Lipinski definition) is 2. The number of halogens is 1. The summed E-state index contributed by atoms with van der Waals surface area (Å²) < 4.78 is 0.931. The molecule has 3 rings (SSSR count). The van der Waals surface area contributed by atoms with Crippen molar-refractivity contribution in [1.82, 2.24) is 0 Å². The molecule has 0 atom stereocenters. The molecule has 1 N–H and O–H groups in total. The predicted octanol–water partition coefficient (Wildman–Crippen LogP) is 4.93. The van der Waals surface area contributed by atoms with Gasteiger partial charge in [0.15, 0.2) is 5.78 Å². The van der Waals surface area contributed by atoms with E-state index in [2.05, 4.69) is 21.2 Å². The molecule has 4 heteroatoms. The topological polar surface area (TPSA) is 46.2 Å². The lowest BCUT2D eigenvalue weighted by Crippen LogP contribution is -2.16. The molecule has 24 heavy (non-hydrogen) atoms. The van der Waals surface area contributed by atoms with E-state index in [0.717, 1.165) is 4.47 Å². The van der Waals surface area contributed by atoms with Gasteiger partial charge in [0.1, 0.15) is 0 Å². The van der Waals surface area contributed by atoms with E-state index in [9.17, 15) is 9.59 Å². The zero-order valence-electron chi connectivity index (χ0n) is 12.7. The standard InChI is InChI=1S/C20H14BrNO2/c21-15-10-12-16(13-11-15)22-20(24)18-9-5-4-8-17(18)19(23)14-6-2-1-3-7-14/h1-13H,(H,22,24). The highest BCUT2D eigenvalue weighted by Gasteiger charge is 2.17. The van der Waals surface area contributed by atoms with Gasteiger partial charge in [-0.1, -0.05) is 64.5 Å². The van der Waals surface area contributed by atoms with Crippen molar-refractivity contribution in [3.05, 3.63) is 100 Å². The summed E-state index contributed by atoms with van der Waals surface area (Å²) in [6.07, 6.45) is 0. The first-order chi connectivity index (χ1) is 11.6. The highest BCUT2D eigenvalue weighted by atomic mass is 79.9.